The van der Waals surface area contributed by atoms with Crippen molar-refractivity contribution in [1.29, 1.82) is 0 Å². The molecule has 1 rings (SSSR count). The predicted molar refractivity (Wildman–Crippen MR) is 86.9 cm³/mol. The fourth-order valence-corrected chi connectivity index (χ4v) is 4.12. The Kier molecular flexibility index (Phi) is 7.49. The van der Waals surface area contributed by atoms with E-state index in [0.717, 1.165) is 32.2 Å². The van der Waals surface area contributed by atoms with Crippen LogP contribution in [0, 0.1) is 17.8 Å². The van der Waals surface area contributed by atoms with E-state index in [1.807, 2.05) is 0 Å². The first-order valence-corrected chi connectivity index (χ1v) is 8.42. The third kappa shape index (κ3) is 4.19. The molecule has 1 aliphatic carbocycles. The fourth-order valence-electron chi connectivity index (χ4n) is 4.12. The van der Waals surface area contributed by atoms with Crippen LogP contribution in [0.15, 0.2) is 0 Å². The molecule has 0 aromatic heterocycles. The van der Waals surface area contributed by atoms with Crippen molar-refractivity contribution in [2.24, 2.45) is 23.5 Å². The number of nitrogens with zero attached hydrogens (tertiary/aromatic N) is 1. The van der Waals surface area contributed by atoms with Gasteiger partial charge in [0.15, 0.2) is 0 Å². The summed E-state index contributed by atoms with van der Waals surface area (Å²) < 4.78 is 5.35. The van der Waals surface area contributed by atoms with Crippen LogP contribution >= 0.6 is 0 Å². The van der Waals surface area contributed by atoms with Gasteiger partial charge >= 0.3 is 0 Å². The predicted octanol–water partition coefficient (Wildman–Crippen LogP) is 3.13. The average Bonchev–Trinajstić information content (AvgIpc) is 2.42. The molecule has 0 bridgehead atoms. The lowest BCUT2D eigenvalue weighted by molar-refractivity contribution is -0.0315. The molecule has 1 fully saturated rings. The molecule has 0 aliphatic heterocycles. The van der Waals surface area contributed by atoms with Crippen LogP contribution in [-0.2, 0) is 4.74 Å². The second kappa shape index (κ2) is 8.35. The highest BCUT2D eigenvalue weighted by atomic mass is 16.5. The van der Waals surface area contributed by atoms with E-state index in [1.165, 1.54) is 25.7 Å². The van der Waals surface area contributed by atoms with Crippen LogP contribution in [0.1, 0.15) is 53.4 Å². The maximum Gasteiger partial charge on any atom is 0.0589 e. The number of methoxy groups -OCH3 is 1. The summed E-state index contributed by atoms with van der Waals surface area (Å²) in [7, 11) is 1.80. The van der Waals surface area contributed by atoms with Gasteiger partial charge in [0.1, 0.15) is 0 Å². The Bertz CT molecular complexity index is 268. The van der Waals surface area contributed by atoms with E-state index in [-0.39, 0.29) is 5.54 Å². The Morgan fingerprint density at radius 3 is 2.45 bits per heavy atom. The molecule has 2 unspecified atom stereocenters. The van der Waals surface area contributed by atoms with Gasteiger partial charge in [0.2, 0.25) is 0 Å². The first kappa shape index (κ1) is 17.9. The Hall–Kier alpha value is -0.120. The van der Waals surface area contributed by atoms with Gasteiger partial charge in [-0.3, -0.25) is 4.90 Å². The third-order valence-electron chi connectivity index (χ3n) is 5.00. The highest BCUT2D eigenvalue weighted by Crippen LogP contribution is 2.42. The molecule has 0 spiro atoms. The van der Waals surface area contributed by atoms with Gasteiger partial charge in [-0.2, -0.15) is 0 Å². The zero-order valence-corrected chi connectivity index (χ0v) is 14.3. The Balaban J connectivity index is 2.98. The molecule has 20 heavy (non-hydrogen) atoms. The molecule has 0 amide bonds. The summed E-state index contributed by atoms with van der Waals surface area (Å²) in [5.41, 5.74) is 6.52. The van der Waals surface area contributed by atoms with Crippen molar-refractivity contribution in [2.75, 3.05) is 33.4 Å². The van der Waals surface area contributed by atoms with Gasteiger partial charge in [-0.25, -0.2) is 0 Å². The number of rotatable bonds is 8. The number of nitrogens with two attached hydrogens (primary N) is 1. The van der Waals surface area contributed by atoms with Gasteiger partial charge in [0, 0.05) is 32.3 Å². The van der Waals surface area contributed by atoms with Gasteiger partial charge in [0.05, 0.1) is 6.61 Å². The lowest BCUT2D eigenvalue weighted by Gasteiger charge is -2.53. The summed E-state index contributed by atoms with van der Waals surface area (Å²) >= 11 is 0. The quantitative estimate of drug-likeness (QED) is 0.744. The third-order valence-corrected chi connectivity index (χ3v) is 5.00. The summed E-state index contributed by atoms with van der Waals surface area (Å²) in [5.74, 6) is 2.10. The normalized spacial score (nSPS) is 27.8. The molecule has 3 nitrogen and oxygen atoms in total. The summed E-state index contributed by atoms with van der Waals surface area (Å²) in [4.78, 5) is 2.66. The van der Waals surface area contributed by atoms with E-state index in [9.17, 15) is 0 Å². The molecule has 1 saturated carbocycles. The van der Waals surface area contributed by atoms with Crippen molar-refractivity contribution in [3.05, 3.63) is 0 Å². The highest BCUT2D eigenvalue weighted by Gasteiger charge is 2.45. The maximum absolute atomic E-state index is 6.33. The molecular weight excluding hydrogens is 248 g/mol. The summed E-state index contributed by atoms with van der Waals surface area (Å²) in [6.07, 6.45) is 5.27. The SMILES string of the molecule is COCCN(CC(C)C)C1(CN)CCCCC1C(C)C. The minimum Gasteiger partial charge on any atom is -0.383 e. The molecular formula is C17H36N2O. The first-order chi connectivity index (χ1) is 9.47. The van der Waals surface area contributed by atoms with Crippen LogP contribution in [0.5, 0.6) is 0 Å². The van der Waals surface area contributed by atoms with Gasteiger partial charge in [-0.05, 0) is 30.6 Å². The largest absolute Gasteiger partial charge is 0.383 e. The zero-order chi connectivity index (χ0) is 15.2. The lowest BCUT2D eigenvalue weighted by atomic mass is 9.66. The molecule has 3 heteroatoms. The van der Waals surface area contributed by atoms with E-state index in [2.05, 4.69) is 32.6 Å². The molecule has 2 N–H and O–H groups in total. The van der Waals surface area contributed by atoms with E-state index in [1.54, 1.807) is 7.11 Å². The monoisotopic (exact) mass is 284 g/mol. The minimum atomic E-state index is 0.190. The molecule has 1 aliphatic rings. The number of hydrogen-bond donors (Lipinski definition) is 1. The van der Waals surface area contributed by atoms with E-state index in [4.69, 9.17) is 10.5 Å². The van der Waals surface area contributed by atoms with Crippen molar-refractivity contribution in [3.63, 3.8) is 0 Å². The Morgan fingerprint density at radius 1 is 1.25 bits per heavy atom. The van der Waals surface area contributed by atoms with Crippen LogP contribution in [0.2, 0.25) is 0 Å². The van der Waals surface area contributed by atoms with Crippen LogP contribution < -0.4 is 5.73 Å². The van der Waals surface area contributed by atoms with Crippen LogP contribution in [0.25, 0.3) is 0 Å². The second-order valence-corrected chi connectivity index (χ2v) is 7.24. The fraction of sp³-hybridized carbons (Fsp3) is 1.00. The van der Waals surface area contributed by atoms with Crippen molar-refractivity contribution >= 4 is 0 Å². The second-order valence-electron chi connectivity index (χ2n) is 7.24. The van der Waals surface area contributed by atoms with E-state index in [0.29, 0.717) is 11.8 Å². The molecule has 0 aromatic rings. The Morgan fingerprint density at radius 2 is 1.95 bits per heavy atom. The summed E-state index contributed by atoms with van der Waals surface area (Å²) in [6.45, 7) is 13.1. The van der Waals surface area contributed by atoms with Gasteiger partial charge < -0.3 is 10.5 Å². The molecule has 0 radical (unpaired) electrons. The molecule has 0 heterocycles. The standard InChI is InChI=1S/C17H36N2O/c1-14(2)12-19(10-11-20-5)17(13-18)9-7-6-8-16(17)15(3)4/h14-16H,6-13,18H2,1-5H3. The van der Waals surface area contributed by atoms with E-state index >= 15 is 0 Å². The lowest BCUT2D eigenvalue weighted by Crippen LogP contribution is -2.62. The highest BCUT2D eigenvalue weighted by molar-refractivity contribution is 5.01. The van der Waals surface area contributed by atoms with Gasteiger partial charge in [-0.1, -0.05) is 40.5 Å². The van der Waals surface area contributed by atoms with Crippen LogP contribution in [0.3, 0.4) is 0 Å². The van der Waals surface area contributed by atoms with Gasteiger partial charge in [-0.15, -0.1) is 0 Å². The Labute approximate surface area is 126 Å². The van der Waals surface area contributed by atoms with Crippen molar-refractivity contribution in [3.8, 4) is 0 Å². The topological polar surface area (TPSA) is 38.5 Å². The smallest absolute Gasteiger partial charge is 0.0589 e. The average molecular weight is 284 g/mol. The van der Waals surface area contributed by atoms with Crippen molar-refractivity contribution in [2.45, 2.75) is 58.9 Å². The van der Waals surface area contributed by atoms with Crippen molar-refractivity contribution in [1.82, 2.24) is 4.90 Å². The molecule has 0 aromatic carbocycles. The summed E-state index contributed by atoms with van der Waals surface area (Å²) in [5, 5.41) is 0. The first-order valence-electron chi connectivity index (χ1n) is 8.42. The number of hydrogen-bond acceptors (Lipinski definition) is 3. The summed E-state index contributed by atoms with van der Waals surface area (Å²) in [6, 6.07) is 0. The molecule has 120 valence electrons. The number of ether oxygens (including phenoxy) is 1. The van der Waals surface area contributed by atoms with Crippen molar-refractivity contribution < 1.29 is 4.74 Å². The maximum atomic E-state index is 6.33. The van der Waals surface area contributed by atoms with Crippen LogP contribution in [-0.4, -0.2) is 43.8 Å². The molecule has 2 atom stereocenters. The minimum absolute atomic E-state index is 0.190. The van der Waals surface area contributed by atoms with Crippen LogP contribution in [0.4, 0.5) is 0 Å². The van der Waals surface area contributed by atoms with Gasteiger partial charge in [0.25, 0.3) is 0 Å². The molecule has 0 saturated heterocycles. The van der Waals surface area contributed by atoms with E-state index < -0.39 is 0 Å². The zero-order valence-electron chi connectivity index (χ0n) is 14.3.